The first-order valence-corrected chi connectivity index (χ1v) is 9.74. The molecular formula is C21H28N4O3. The van der Waals surface area contributed by atoms with Crippen molar-refractivity contribution in [2.45, 2.75) is 19.4 Å². The number of carbonyl (C=O) groups excluding carboxylic acids is 1. The van der Waals surface area contributed by atoms with Crippen molar-refractivity contribution in [3.63, 3.8) is 0 Å². The molecule has 2 heterocycles. The lowest BCUT2D eigenvalue weighted by Crippen LogP contribution is -2.47. The van der Waals surface area contributed by atoms with E-state index in [-0.39, 0.29) is 11.8 Å². The number of amides is 1. The summed E-state index contributed by atoms with van der Waals surface area (Å²) in [5.74, 6) is 1.28. The molecule has 28 heavy (non-hydrogen) atoms. The maximum atomic E-state index is 13.2. The minimum absolute atomic E-state index is 0.115. The van der Waals surface area contributed by atoms with Gasteiger partial charge in [0.2, 0.25) is 5.91 Å². The molecule has 150 valence electrons. The lowest BCUT2D eigenvalue weighted by molar-refractivity contribution is -0.136. The Morgan fingerprint density at radius 1 is 1.14 bits per heavy atom. The molecule has 3 rings (SSSR count). The maximum Gasteiger partial charge on any atom is 0.232 e. The number of ether oxygens (including phenoxy) is 1. The molecule has 1 atom stereocenters. The molecule has 1 aliphatic rings. The Hall–Kier alpha value is -2.80. The van der Waals surface area contributed by atoms with Crippen LogP contribution < -0.4 is 10.6 Å². The fraction of sp³-hybridized carbons (Fsp3) is 0.429. The summed E-state index contributed by atoms with van der Waals surface area (Å²) < 4.78 is 10.7. The minimum atomic E-state index is -0.285. The van der Waals surface area contributed by atoms with E-state index in [2.05, 4.69) is 15.6 Å². The Balaban J connectivity index is 1.70. The first kappa shape index (κ1) is 19.9. The van der Waals surface area contributed by atoms with Crippen LogP contribution in [0.5, 0.6) is 0 Å². The van der Waals surface area contributed by atoms with Crippen molar-refractivity contribution in [3.8, 4) is 0 Å². The van der Waals surface area contributed by atoms with Crippen LogP contribution in [0.3, 0.4) is 0 Å². The molecule has 2 aromatic rings. The molecule has 2 N–H and O–H groups in total. The Bertz CT molecular complexity index is 740. The van der Waals surface area contributed by atoms with Crippen LogP contribution >= 0.6 is 0 Å². The standard InChI is InChI=1S/C21H28N4O3/c1-2-22-21(23-15-18-9-6-12-28-18)24-16-19(17-7-4-3-5-8-17)20(26)25-10-13-27-14-11-25/h3-9,12,19H,2,10-11,13-16H2,1H3,(H2,22,23,24). The predicted octanol–water partition coefficient (Wildman–Crippen LogP) is 1.98. The number of carbonyl (C=O) groups is 1. The van der Waals surface area contributed by atoms with Gasteiger partial charge in [-0.3, -0.25) is 4.79 Å². The van der Waals surface area contributed by atoms with Gasteiger partial charge in [-0.05, 0) is 24.6 Å². The van der Waals surface area contributed by atoms with Gasteiger partial charge < -0.3 is 24.7 Å². The number of hydrogen-bond donors (Lipinski definition) is 2. The van der Waals surface area contributed by atoms with Crippen LogP contribution in [0.25, 0.3) is 0 Å². The lowest BCUT2D eigenvalue weighted by Gasteiger charge is -2.31. The van der Waals surface area contributed by atoms with Gasteiger partial charge in [-0.1, -0.05) is 30.3 Å². The largest absolute Gasteiger partial charge is 0.467 e. The van der Waals surface area contributed by atoms with E-state index < -0.39 is 0 Å². The molecular weight excluding hydrogens is 356 g/mol. The second-order valence-electron chi connectivity index (χ2n) is 6.56. The predicted molar refractivity (Wildman–Crippen MR) is 108 cm³/mol. The van der Waals surface area contributed by atoms with Crippen LogP contribution in [-0.4, -0.2) is 56.2 Å². The average Bonchev–Trinajstić information content (AvgIpc) is 3.27. The van der Waals surface area contributed by atoms with Crippen molar-refractivity contribution >= 4 is 11.9 Å². The third-order valence-electron chi connectivity index (χ3n) is 4.61. The minimum Gasteiger partial charge on any atom is -0.467 e. The molecule has 0 saturated carbocycles. The quantitative estimate of drug-likeness (QED) is 0.564. The first-order valence-electron chi connectivity index (χ1n) is 9.74. The zero-order valence-corrected chi connectivity index (χ0v) is 16.3. The maximum absolute atomic E-state index is 13.2. The summed E-state index contributed by atoms with van der Waals surface area (Å²) in [5.41, 5.74) is 0.994. The van der Waals surface area contributed by atoms with Crippen LogP contribution in [0.15, 0.2) is 58.1 Å². The van der Waals surface area contributed by atoms with Gasteiger partial charge in [-0.15, -0.1) is 0 Å². The Morgan fingerprint density at radius 3 is 2.61 bits per heavy atom. The van der Waals surface area contributed by atoms with Gasteiger partial charge in [-0.25, -0.2) is 4.99 Å². The van der Waals surface area contributed by atoms with Crippen molar-refractivity contribution in [3.05, 3.63) is 60.1 Å². The fourth-order valence-corrected chi connectivity index (χ4v) is 3.14. The van der Waals surface area contributed by atoms with Gasteiger partial charge in [0, 0.05) is 26.2 Å². The first-order chi connectivity index (χ1) is 13.8. The van der Waals surface area contributed by atoms with E-state index in [4.69, 9.17) is 9.15 Å². The molecule has 0 radical (unpaired) electrons. The van der Waals surface area contributed by atoms with E-state index in [0.29, 0.717) is 45.4 Å². The van der Waals surface area contributed by atoms with Crippen molar-refractivity contribution < 1.29 is 13.9 Å². The fourth-order valence-electron chi connectivity index (χ4n) is 3.14. The number of morpholine rings is 1. The van der Waals surface area contributed by atoms with Crippen molar-refractivity contribution in [1.82, 2.24) is 15.5 Å². The van der Waals surface area contributed by atoms with Gasteiger partial charge >= 0.3 is 0 Å². The Morgan fingerprint density at radius 2 is 1.93 bits per heavy atom. The molecule has 1 amide bonds. The van der Waals surface area contributed by atoms with E-state index >= 15 is 0 Å². The number of hydrogen-bond acceptors (Lipinski definition) is 4. The summed E-state index contributed by atoms with van der Waals surface area (Å²) in [6.45, 7) is 6.10. The van der Waals surface area contributed by atoms with Crippen molar-refractivity contribution in [2.75, 3.05) is 39.4 Å². The monoisotopic (exact) mass is 384 g/mol. The molecule has 0 bridgehead atoms. The summed E-state index contributed by atoms with van der Waals surface area (Å²) >= 11 is 0. The number of furan rings is 1. The third kappa shape index (κ3) is 5.60. The molecule has 1 aliphatic heterocycles. The molecule has 1 fully saturated rings. The highest BCUT2D eigenvalue weighted by atomic mass is 16.5. The van der Waals surface area contributed by atoms with E-state index in [0.717, 1.165) is 17.9 Å². The highest BCUT2D eigenvalue weighted by Crippen LogP contribution is 2.19. The third-order valence-corrected chi connectivity index (χ3v) is 4.61. The number of aliphatic imine (C=N–C) groups is 1. The van der Waals surface area contributed by atoms with Gasteiger partial charge in [0.15, 0.2) is 5.96 Å². The second-order valence-corrected chi connectivity index (χ2v) is 6.56. The Kier molecular flexibility index (Phi) is 7.49. The van der Waals surface area contributed by atoms with Gasteiger partial charge in [0.25, 0.3) is 0 Å². The summed E-state index contributed by atoms with van der Waals surface area (Å²) in [6, 6.07) is 13.6. The van der Waals surface area contributed by atoms with Gasteiger partial charge in [0.1, 0.15) is 12.3 Å². The van der Waals surface area contributed by atoms with Crippen LogP contribution in [0.1, 0.15) is 24.2 Å². The van der Waals surface area contributed by atoms with Gasteiger partial charge in [0.05, 0.1) is 25.4 Å². The van der Waals surface area contributed by atoms with Crippen LogP contribution in [-0.2, 0) is 16.1 Å². The normalized spacial score (nSPS) is 15.9. The molecule has 7 heteroatoms. The highest BCUT2D eigenvalue weighted by Gasteiger charge is 2.27. The molecule has 0 spiro atoms. The van der Waals surface area contributed by atoms with E-state index in [1.54, 1.807) is 6.26 Å². The molecule has 7 nitrogen and oxygen atoms in total. The number of guanidine groups is 1. The number of nitrogens with zero attached hydrogens (tertiary/aromatic N) is 2. The SMILES string of the molecule is CCNC(=NCc1ccco1)NCC(C(=O)N1CCOCC1)c1ccccc1. The van der Waals surface area contributed by atoms with E-state index in [9.17, 15) is 4.79 Å². The molecule has 1 unspecified atom stereocenters. The topological polar surface area (TPSA) is 79.1 Å². The van der Waals surface area contributed by atoms with Crippen molar-refractivity contribution in [1.29, 1.82) is 0 Å². The van der Waals surface area contributed by atoms with Crippen molar-refractivity contribution in [2.24, 2.45) is 4.99 Å². The van der Waals surface area contributed by atoms with Crippen LogP contribution in [0.2, 0.25) is 0 Å². The van der Waals surface area contributed by atoms with Crippen LogP contribution in [0.4, 0.5) is 0 Å². The second kappa shape index (κ2) is 10.5. The summed E-state index contributed by atoms with van der Waals surface area (Å²) in [7, 11) is 0. The molecule has 1 saturated heterocycles. The molecule has 1 aromatic heterocycles. The zero-order chi connectivity index (χ0) is 19.6. The van der Waals surface area contributed by atoms with E-state index in [1.807, 2.05) is 54.3 Å². The van der Waals surface area contributed by atoms with Crippen LogP contribution in [0, 0.1) is 0 Å². The summed E-state index contributed by atoms with van der Waals surface area (Å²) in [5, 5.41) is 6.54. The number of benzene rings is 1. The molecule has 0 aliphatic carbocycles. The average molecular weight is 384 g/mol. The highest BCUT2D eigenvalue weighted by molar-refractivity contribution is 5.86. The summed E-state index contributed by atoms with van der Waals surface area (Å²) in [4.78, 5) is 19.6. The van der Waals surface area contributed by atoms with E-state index in [1.165, 1.54) is 0 Å². The zero-order valence-electron chi connectivity index (χ0n) is 16.3. The number of rotatable bonds is 7. The number of nitrogens with one attached hydrogen (secondary N) is 2. The lowest BCUT2D eigenvalue weighted by atomic mass is 9.97. The smallest absolute Gasteiger partial charge is 0.232 e. The Labute approximate surface area is 165 Å². The van der Waals surface area contributed by atoms with Gasteiger partial charge in [-0.2, -0.15) is 0 Å². The molecule has 1 aromatic carbocycles. The summed E-state index contributed by atoms with van der Waals surface area (Å²) in [6.07, 6.45) is 1.64.